The number of rotatable bonds is 5. The highest BCUT2D eigenvalue weighted by Gasteiger charge is 2.26. The summed E-state index contributed by atoms with van der Waals surface area (Å²) in [7, 11) is 0. The summed E-state index contributed by atoms with van der Waals surface area (Å²) in [6.07, 6.45) is 3.50. The van der Waals surface area contributed by atoms with E-state index >= 15 is 0 Å². The zero-order valence-electron chi connectivity index (χ0n) is 15.5. The number of hydrogen-bond donors (Lipinski definition) is 0. The van der Waals surface area contributed by atoms with Crippen molar-refractivity contribution < 1.29 is 9.53 Å². The second kappa shape index (κ2) is 7.80. The van der Waals surface area contributed by atoms with Crippen molar-refractivity contribution in [3.05, 3.63) is 66.6 Å². The van der Waals surface area contributed by atoms with Crippen LogP contribution in [0.3, 0.4) is 0 Å². The average molecular weight is 364 g/mol. The SMILES string of the molecule is CC(Oc1ccccc1)C(=O)N1CCN(Cc2cnc3ccccn23)CC1. The molecule has 2 aromatic heterocycles. The Balaban J connectivity index is 1.31. The number of fused-ring (bicyclic) bond motifs is 1. The Kier molecular flexibility index (Phi) is 5.07. The van der Waals surface area contributed by atoms with E-state index in [2.05, 4.69) is 14.3 Å². The molecule has 0 bridgehead atoms. The maximum atomic E-state index is 12.7. The van der Waals surface area contributed by atoms with Crippen LogP contribution in [0.25, 0.3) is 5.65 Å². The monoisotopic (exact) mass is 364 g/mol. The van der Waals surface area contributed by atoms with Gasteiger partial charge in [-0.1, -0.05) is 24.3 Å². The van der Waals surface area contributed by atoms with Gasteiger partial charge in [0.25, 0.3) is 5.91 Å². The predicted octanol–water partition coefficient (Wildman–Crippen LogP) is 2.45. The van der Waals surface area contributed by atoms with E-state index in [4.69, 9.17) is 4.74 Å². The third-order valence-electron chi connectivity index (χ3n) is 4.97. The van der Waals surface area contributed by atoms with Crippen LogP contribution in [-0.4, -0.2) is 57.4 Å². The Bertz CT molecular complexity index is 901. The summed E-state index contributed by atoms with van der Waals surface area (Å²) in [5, 5.41) is 0. The highest BCUT2D eigenvalue weighted by Crippen LogP contribution is 2.15. The number of carbonyl (C=O) groups is 1. The zero-order chi connectivity index (χ0) is 18.6. The molecule has 1 atom stereocenters. The van der Waals surface area contributed by atoms with E-state index in [1.165, 1.54) is 5.69 Å². The molecule has 1 aromatic carbocycles. The highest BCUT2D eigenvalue weighted by atomic mass is 16.5. The summed E-state index contributed by atoms with van der Waals surface area (Å²) in [4.78, 5) is 21.4. The standard InChI is InChI=1S/C21H24N4O2/c1-17(27-19-7-3-2-4-8-19)21(26)24-13-11-23(12-14-24)16-18-15-22-20-9-5-6-10-25(18)20/h2-10,15,17H,11-14,16H2,1H3. The first-order valence-corrected chi connectivity index (χ1v) is 9.34. The molecule has 1 fully saturated rings. The summed E-state index contributed by atoms with van der Waals surface area (Å²) in [6, 6.07) is 15.5. The van der Waals surface area contributed by atoms with Crippen molar-refractivity contribution >= 4 is 11.6 Å². The van der Waals surface area contributed by atoms with Crippen molar-refractivity contribution in [1.29, 1.82) is 0 Å². The van der Waals surface area contributed by atoms with Crippen LogP contribution in [-0.2, 0) is 11.3 Å². The Morgan fingerprint density at radius 3 is 2.59 bits per heavy atom. The minimum atomic E-state index is -0.474. The van der Waals surface area contributed by atoms with Gasteiger partial charge in [0.05, 0.1) is 11.9 Å². The summed E-state index contributed by atoms with van der Waals surface area (Å²) in [6.45, 7) is 5.80. The second-order valence-corrected chi connectivity index (χ2v) is 6.85. The van der Waals surface area contributed by atoms with Crippen LogP contribution in [0.2, 0.25) is 0 Å². The van der Waals surface area contributed by atoms with Crippen LogP contribution in [0, 0.1) is 0 Å². The molecule has 6 heteroatoms. The fourth-order valence-electron chi connectivity index (χ4n) is 3.47. The van der Waals surface area contributed by atoms with E-state index in [0.717, 1.165) is 44.1 Å². The molecule has 27 heavy (non-hydrogen) atoms. The second-order valence-electron chi connectivity index (χ2n) is 6.85. The van der Waals surface area contributed by atoms with Gasteiger partial charge in [-0.05, 0) is 31.2 Å². The number of hydrogen-bond acceptors (Lipinski definition) is 4. The van der Waals surface area contributed by atoms with Crippen molar-refractivity contribution in [3.63, 3.8) is 0 Å². The third kappa shape index (κ3) is 3.95. The molecule has 0 N–H and O–H groups in total. The Morgan fingerprint density at radius 2 is 1.81 bits per heavy atom. The first kappa shape index (κ1) is 17.5. The summed E-state index contributed by atoms with van der Waals surface area (Å²) in [5.41, 5.74) is 2.14. The van der Waals surface area contributed by atoms with E-state index < -0.39 is 6.10 Å². The van der Waals surface area contributed by atoms with Crippen LogP contribution in [0.4, 0.5) is 0 Å². The minimum absolute atomic E-state index is 0.0494. The van der Waals surface area contributed by atoms with Crippen LogP contribution in [0.1, 0.15) is 12.6 Å². The molecule has 0 radical (unpaired) electrons. The van der Waals surface area contributed by atoms with E-state index in [-0.39, 0.29) is 5.91 Å². The number of amides is 1. The first-order valence-electron chi connectivity index (χ1n) is 9.34. The maximum Gasteiger partial charge on any atom is 0.263 e. The van der Waals surface area contributed by atoms with Crippen molar-refractivity contribution in [2.45, 2.75) is 19.6 Å². The lowest BCUT2D eigenvalue weighted by Gasteiger charge is -2.35. The fourth-order valence-corrected chi connectivity index (χ4v) is 3.47. The van der Waals surface area contributed by atoms with Gasteiger partial charge >= 0.3 is 0 Å². The lowest BCUT2D eigenvalue weighted by Crippen LogP contribution is -2.51. The van der Waals surface area contributed by atoms with Gasteiger partial charge in [-0.3, -0.25) is 9.69 Å². The molecule has 4 rings (SSSR count). The van der Waals surface area contributed by atoms with Crippen molar-refractivity contribution in [2.75, 3.05) is 26.2 Å². The third-order valence-corrected chi connectivity index (χ3v) is 4.97. The smallest absolute Gasteiger partial charge is 0.263 e. The molecule has 0 saturated carbocycles. The van der Waals surface area contributed by atoms with E-state index in [9.17, 15) is 4.79 Å². The first-order chi connectivity index (χ1) is 13.2. The molecular weight excluding hydrogens is 340 g/mol. The van der Waals surface area contributed by atoms with E-state index in [0.29, 0.717) is 0 Å². The van der Waals surface area contributed by atoms with Gasteiger partial charge in [0.15, 0.2) is 6.10 Å². The molecule has 140 valence electrons. The highest BCUT2D eigenvalue weighted by molar-refractivity contribution is 5.81. The number of benzene rings is 1. The summed E-state index contributed by atoms with van der Waals surface area (Å²) < 4.78 is 7.89. The topological polar surface area (TPSA) is 50.1 Å². The van der Waals surface area contributed by atoms with Gasteiger partial charge in [-0.2, -0.15) is 0 Å². The number of piperazine rings is 1. The minimum Gasteiger partial charge on any atom is -0.481 e. The number of para-hydroxylation sites is 1. The van der Waals surface area contributed by atoms with Gasteiger partial charge in [-0.25, -0.2) is 4.98 Å². The van der Waals surface area contributed by atoms with Crippen LogP contribution >= 0.6 is 0 Å². The molecular formula is C21H24N4O2. The lowest BCUT2D eigenvalue weighted by molar-refractivity contribution is -0.139. The molecule has 1 amide bonds. The molecule has 0 spiro atoms. The normalized spacial score (nSPS) is 16.4. The van der Waals surface area contributed by atoms with Crippen molar-refractivity contribution in [2.24, 2.45) is 0 Å². The van der Waals surface area contributed by atoms with Gasteiger partial charge < -0.3 is 14.0 Å². The number of carbonyl (C=O) groups excluding carboxylic acids is 1. The molecule has 1 aliphatic heterocycles. The molecule has 6 nitrogen and oxygen atoms in total. The van der Waals surface area contributed by atoms with Crippen LogP contribution < -0.4 is 4.74 Å². The van der Waals surface area contributed by atoms with E-state index in [1.54, 1.807) is 0 Å². The predicted molar refractivity (Wildman–Crippen MR) is 104 cm³/mol. The van der Waals surface area contributed by atoms with Crippen molar-refractivity contribution in [3.8, 4) is 5.75 Å². The number of ether oxygens (including phenoxy) is 1. The van der Waals surface area contributed by atoms with Gasteiger partial charge in [0.1, 0.15) is 11.4 Å². The van der Waals surface area contributed by atoms with Gasteiger partial charge in [-0.15, -0.1) is 0 Å². The largest absolute Gasteiger partial charge is 0.481 e. The van der Waals surface area contributed by atoms with E-state index in [1.807, 2.05) is 72.7 Å². The molecule has 3 aromatic rings. The molecule has 1 unspecified atom stereocenters. The quantitative estimate of drug-likeness (QED) is 0.698. The number of pyridine rings is 1. The molecule has 0 aliphatic carbocycles. The molecule has 1 saturated heterocycles. The molecule has 1 aliphatic rings. The number of nitrogens with zero attached hydrogens (tertiary/aromatic N) is 4. The molecule has 3 heterocycles. The lowest BCUT2D eigenvalue weighted by atomic mass is 10.2. The summed E-state index contributed by atoms with van der Waals surface area (Å²) >= 11 is 0. The zero-order valence-corrected chi connectivity index (χ0v) is 15.5. The van der Waals surface area contributed by atoms with Gasteiger partial charge in [0.2, 0.25) is 0 Å². The fraction of sp³-hybridized carbons (Fsp3) is 0.333. The van der Waals surface area contributed by atoms with Crippen LogP contribution in [0.15, 0.2) is 60.9 Å². The Hall–Kier alpha value is -2.86. The average Bonchev–Trinajstić information content (AvgIpc) is 3.12. The number of imidazole rings is 1. The number of aromatic nitrogens is 2. The maximum absolute atomic E-state index is 12.7. The Labute approximate surface area is 159 Å². The summed E-state index contributed by atoms with van der Waals surface area (Å²) in [5.74, 6) is 0.776. The Morgan fingerprint density at radius 1 is 1.07 bits per heavy atom. The van der Waals surface area contributed by atoms with Crippen LogP contribution in [0.5, 0.6) is 5.75 Å². The van der Waals surface area contributed by atoms with Gasteiger partial charge in [0, 0.05) is 38.9 Å². The van der Waals surface area contributed by atoms with Crippen molar-refractivity contribution in [1.82, 2.24) is 19.2 Å².